The SMILES string of the molecule is FC1=CC=[C]CC1. The molecule has 0 aliphatic heterocycles. The molecular formula is C6H6F. The molecule has 0 aromatic carbocycles. The minimum Gasteiger partial charge on any atom is -0.212 e. The lowest BCUT2D eigenvalue weighted by Gasteiger charge is -1.94. The van der Waals surface area contributed by atoms with Crippen LogP contribution in [0.4, 0.5) is 4.39 Å². The van der Waals surface area contributed by atoms with Gasteiger partial charge in [-0.05, 0) is 18.6 Å². The van der Waals surface area contributed by atoms with E-state index in [-0.39, 0.29) is 5.83 Å². The maximum absolute atomic E-state index is 12.0. The minimum atomic E-state index is -0.0289. The highest BCUT2D eigenvalue weighted by molar-refractivity contribution is 5.08. The second kappa shape index (κ2) is 1.92. The lowest BCUT2D eigenvalue weighted by Crippen LogP contribution is -1.77. The highest BCUT2D eigenvalue weighted by atomic mass is 19.1. The number of rotatable bonds is 0. The molecule has 0 atom stereocenters. The fourth-order valence-corrected chi connectivity index (χ4v) is 0.508. The summed E-state index contributed by atoms with van der Waals surface area (Å²) < 4.78 is 12.0. The first-order valence-corrected chi connectivity index (χ1v) is 2.31. The Kier molecular flexibility index (Phi) is 1.25. The van der Waals surface area contributed by atoms with Crippen LogP contribution in [0.1, 0.15) is 12.8 Å². The van der Waals surface area contributed by atoms with E-state index in [0.29, 0.717) is 6.42 Å². The molecule has 0 saturated heterocycles. The van der Waals surface area contributed by atoms with Gasteiger partial charge >= 0.3 is 0 Å². The molecule has 7 heavy (non-hydrogen) atoms. The third-order valence-electron chi connectivity index (χ3n) is 0.890. The van der Waals surface area contributed by atoms with Crippen molar-refractivity contribution in [2.24, 2.45) is 0 Å². The van der Waals surface area contributed by atoms with E-state index in [1.165, 1.54) is 6.08 Å². The van der Waals surface area contributed by atoms with E-state index < -0.39 is 0 Å². The Labute approximate surface area is 42.3 Å². The predicted octanol–water partition coefficient (Wildman–Crippen LogP) is 1.99. The molecule has 1 rings (SSSR count). The maximum atomic E-state index is 12.0. The Morgan fingerprint density at radius 1 is 1.71 bits per heavy atom. The van der Waals surface area contributed by atoms with E-state index in [1.807, 2.05) is 0 Å². The van der Waals surface area contributed by atoms with E-state index >= 15 is 0 Å². The molecule has 1 heteroatoms. The molecule has 0 heterocycles. The van der Waals surface area contributed by atoms with E-state index in [1.54, 1.807) is 6.08 Å². The van der Waals surface area contributed by atoms with Crippen molar-refractivity contribution in [2.45, 2.75) is 12.8 Å². The van der Waals surface area contributed by atoms with Gasteiger partial charge in [0.1, 0.15) is 5.83 Å². The van der Waals surface area contributed by atoms with Gasteiger partial charge in [-0.25, -0.2) is 4.39 Å². The molecule has 0 fully saturated rings. The summed E-state index contributed by atoms with van der Waals surface area (Å²) in [5, 5.41) is 0. The van der Waals surface area contributed by atoms with E-state index in [4.69, 9.17) is 0 Å². The van der Waals surface area contributed by atoms with Crippen LogP contribution in [0.3, 0.4) is 0 Å². The monoisotopic (exact) mass is 97.0 g/mol. The van der Waals surface area contributed by atoms with E-state index in [2.05, 4.69) is 6.08 Å². The Hall–Kier alpha value is -0.590. The molecule has 0 bridgehead atoms. The average Bonchev–Trinajstić information content (AvgIpc) is 1.69. The first-order chi connectivity index (χ1) is 3.39. The van der Waals surface area contributed by atoms with E-state index in [9.17, 15) is 4.39 Å². The largest absolute Gasteiger partial charge is 0.212 e. The Bertz CT molecular complexity index is 111. The highest BCUT2D eigenvalue weighted by Crippen LogP contribution is 2.10. The van der Waals surface area contributed by atoms with Crippen molar-refractivity contribution in [1.29, 1.82) is 0 Å². The molecule has 0 saturated carbocycles. The van der Waals surface area contributed by atoms with Crippen LogP contribution in [0.15, 0.2) is 18.0 Å². The van der Waals surface area contributed by atoms with Crippen LogP contribution in [-0.4, -0.2) is 0 Å². The molecule has 0 aromatic rings. The van der Waals surface area contributed by atoms with Crippen LogP contribution in [0, 0.1) is 6.08 Å². The summed E-state index contributed by atoms with van der Waals surface area (Å²) in [7, 11) is 0. The van der Waals surface area contributed by atoms with Gasteiger partial charge in [-0.1, -0.05) is 6.08 Å². The van der Waals surface area contributed by atoms with E-state index in [0.717, 1.165) is 6.42 Å². The molecule has 1 aliphatic rings. The van der Waals surface area contributed by atoms with Crippen LogP contribution in [0.2, 0.25) is 0 Å². The molecule has 0 aromatic heterocycles. The maximum Gasteiger partial charge on any atom is 0.100 e. The second-order valence-corrected chi connectivity index (χ2v) is 1.48. The summed E-state index contributed by atoms with van der Waals surface area (Å²) in [5.41, 5.74) is 0. The van der Waals surface area contributed by atoms with Gasteiger partial charge in [0.15, 0.2) is 0 Å². The molecule has 0 spiro atoms. The molecule has 1 aliphatic carbocycles. The molecule has 1 radical (unpaired) electrons. The standard InChI is InChI=1S/C6H6F/c7-6-4-2-1-3-5-6/h2,4H,3,5H2. The molecule has 0 unspecified atom stereocenters. The second-order valence-electron chi connectivity index (χ2n) is 1.48. The molecular weight excluding hydrogens is 91.1 g/mol. The summed E-state index contributed by atoms with van der Waals surface area (Å²) in [6, 6.07) is 0. The Morgan fingerprint density at radius 3 is 2.86 bits per heavy atom. The van der Waals surface area contributed by atoms with Crippen LogP contribution in [0.25, 0.3) is 0 Å². The van der Waals surface area contributed by atoms with Gasteiger partial charge in [-0.3, -0.25) is 0 Å². The summed E-state index contributed by atoms with van der Waals surface area (Å²) in [6.45, 7) is 0. The van der Waals surface area contributed by atoms with Crippen LogP contribution in [-0.2, 0) is 0 Å². The first kappa shape index (κ1) is 4.57. The summed E-state index contributed by atoms with van der Waals surface area (Å²) in [4.78, 5) is 0. The fourth-order valence-electron chi connectivity index (χ4n) is 0.508. The van der Waals surface area contributed by atoms with Crippen molar-refractivity contribution in [2.75, 3.05) is 0 Å². The van der Waals surface area contributed by atoms with Gasteiger partial charge in [-0.15, -0.1) is 0 Å². The third kappa shape index (κ3) is 1.15. The number of hydrogen-bond acceptors (Lipinski definition) is 0. The van der Waals surface area contributed by atoms with Gasteiger partial charge < -0.3 is 0 Å². The Balaban J connectivity index is 2.57. The van der Waals surface area contributed by atoms with Crippen molar-refractivity contribution >= 4 is 0 Å². The minimum absolute atomic E-state index is 0.0289. The van der Waals surface area contributed by atoms with Crippen LogP contribution < -0.4 is 0 Å². The Morgan fingerprint density at radius 2 is 2.57 bits per heavy atom. The van der Waals surface area contributed by atoms with Crippen LogP contribution >= 0.6 is 0 Å². The van der Waals surface area contributed by atoms with Crippen molar-refractivity contribution in [1.82, 2.24) is 0 Å². The first-order valence-electron chi connectivity index (χ1n) is 2.31. The fraction of sp³-hybridized carbons (Fsp3) is 0.333. The van der Waals surface area contributed by atoms with Crippen LogP contribution in [0.5, 0.6) is 0 Å². The molecule has 37 valence electrons. The topological polar surface area (TPSA) is 0 Å². The summed E-state index contributed by atoms with van der Waals surface area (Å²) in [6.07, 6.45) is 7.22. The zero-order valence-corrected chi connectivity index (χ0v) is 3.95. The van der Waals surface area contributed by atoms with Gasteiger partial charge in [-0.2, -0.15) is 0 Å². The predicted molar refractivity (Wildman–Crippen MR) is 26.2 cm³/mol. The van der Waals surface area contributed by atoms with Gasteiger partial charge in [0, 0.05) is 6.42 Å². The average molecular weight is 97.1 g/mol. The number of hydrogen-bond donors (Lipinski definition) is 0. The third-order valence-corrected chi connectivity index (χ3v) is 0.890. The zero-order valence-electron chi connectivity index (χ0n) is 3.95. The smallest absolute Gasteiger partial charge is 0.100 e. The highest BCUT2D eigenvalue weighted by Gasteiger charge is 1.93. The van der Waals surface area contributed by atoms with Gasteiger partial charge in [0.2, 0.25) is 0 Å². The molecule has 0 nitrogen and oxygen atoms in total. The van der Waals surface area contributed by atoms with Crippen molar-refractivity contribution in [3.8, 4) is 0 Å². The molecule has 0 amide bonds. The number of halogens is 1. The summed E-state index contributed by atoms with van der Waals surface area (Å²) in [5.74, 6) is -0.0289. The zero-order chi connectivity index (χ0) is 5.11. The lowest BCUT2D eigenvalue weighted by molar-refractivity contribution is 0.585. The molecule has 0 N–H and O–H groups in total. The van der Waals surface area contributed by atoms with Crippen molar-refractivity contribution in [3.63, 3.8) is 0 Å². The van der Waals surface area contributed by atoms with Crippen molar-refractivity contribution < 1.29 is 4.39 Å². The van der Waals surface area contributed by atoms with Crippen molar-refractivity contribution in [3.05, 3.63) is 24.1 Å². The van der Waals surface area contributed by atoms with Gasteiger partial charge in [0.25, 0.3) is 0 Å². The quantitative estimate of drug-likeness (QED) is 0.433. The number of allylic oxidation sites excluding steroid dienone is 4. The summed E-state index contributed by atoms with van der Waals surface area (Å²) >= 11 is 0. The lowest BCUT2D eigenvalue weighted by atomic mass is 10.2. The van der Waals surface area contributed by atoms with Gasteiger partial charge in [0.05, 0.1) is 0 Å². The normalized spacial score (nSPS) is 19.3.